The monoisotopic (exact) mass is 285 g/mol. The Morgan fingerprint density at radius 2 is 1.52 bits per heavy atom. The Hall–Kier alpha value is -3.22. The summed E-state index contributed by atoms with van der Waals surface area (Å²) in [4.78, 5) is 20.2. The minimum absolute atomic E-state index is 0.131. The van der Waals surface area contributed by atoms with Gasteiger partial charge in [-0.05, 0) is 17.7 Å². The van der Waals surface area contributed by atoms with E-state index in [-0.39, 0.29) is 22.7 Å². The van der Waals surface area contributed by atoms with Crippen LogP contribution in [0.15, 0.2) is 42.5 Å². The number of nitro groups is 2. The quantitative estimate of drug-likeness (QED) is 0.487. The smallest absolute Gasteiger partial charge is 0.283 e. The maximum absolute atomic E-state index is 11.0. The average molecular weight is 285 g/mol. The van der Waals surface area contributed by atoms with Crippen molar-refractivity contribution in [2.75, 3.05) is 0 Å². The molecule has 2 aromatic carbocycles. The molecule has 0 atom stereocenters. The van der Waals surface area contributed by atoms with Gasteiger partial charge in [-0.3, -0.25) is 20.2 Å². The van der Waals surface area contributed by atoms with Crippen molar-refractivity contribution in [1.29, 1.82) is 0 Å². The number of hydrogen-bond acceptors (Lipinski definition) is 5. The molecule has 0 fully saturated rings. The molecular weight excluding hydrogens is 276 g/mol. The minimum atomic E-state index is -0.687. The summed E-state index contributed by atoms with van der Waals surface area (Å²) < 4.78 is 0. The predicted molar refractivity (Wildman–Crippen MR) is 74.6 cm³/mol. The minimum Gasteiger partial charge on any atom is -0.872 e. The van der Waals surface area contributed by atoms with Gasteiger partial charge in [0.25, 0.3) is 11.4 Å². The molecule has 106 valence electrons. The second-order valence-electron chi connectivity index (χ2n) is 4.16. The summed E-state index contributed by atoms with van der Waals surface area (Å²) in [5, 5.41) is 32.6. The van der Waals surface area contributed by atoms with E-state index in [4.69, 9.17) is 0 Å². The molecule has 2 aromatic rings. The molecule has 0 N–H and O–H groups in total. The summed E-state index contributed by atoms with van der Waals surface area (Å²) in [5.41, 5.74) is 0.259. The van der Waals surface area contributed by atoms with Crippen LogP contribution in [0.25, 0.3) is 12.2 Å². The second-order valence-corrected chi connectivity index (χ2v) is 4.16. The number of hydrogen-bond donors (Lipinski definition) is 0. The summed E-state index contributed by atoms with van der Waals surface area (Å²) in [6, 6.07) is 9.35. The third kappa shape index (κ3) is 3.41. The highest BCUT2D eigenvalue weighted by Gasteiger charge is 2.17. The van der Waals surface area contributed by atoms with Crippen molar-refractivity contribution >= 4 is 23.5 Å². The first kappa shape index (κ1) is 14.2. The van der Waals surface area contributed by atoms with Crippen LogP contribution in [0.2, 0.25) is 0 Å². The summed E-state index contributed by atoms with van der Waals surface area (Å²) in [6.45, 7) is 0. The van der Waals surface area contributed by atoms with E-state index in [2.05, 4.69) is 0 Å². The first-order valence-electron chi connectivity index (χ1n) is 5.85. The van der Waals surface area contributed by atoms with Gasteiger partial charge in [-0.25, -0.2) is 0 Å². The van der Waals surface area contributed by atoms with Crippen molar-refractivity contribution in [3.63, 3.8) is 0 Å². The van der Waals surface area contributed by atoms with E-state index >= 15 is 0 Å². The third-order valence-corrected chi connectivity index (χ3v) is 2.76. The lowest BCUT2D eigenvalue weighted by atomic mass is 10.1. The maximum atomic E-state index is 11.0. The van der Waals surface area contributed by atoms with Crippen molar-refractivity contribution < 1.29 is 15.0 Å². The SMILES string of the molecule is O=[N+]([O-])c1ccc(/C=C/c2ccc([O-])cc2)c([N+](=O)[O-])c1. The fourth-order valence-corrected chi connectivity index (χ4v) is 1.71. The Labute approximate surface area is 119 Å². The molecule has 0 unspecified atom stereocenters. The van der Waals surface area contributed by atoms with E-state index in [0.717, 1.165) is 6.07 Å². The van der Waals surface area contributed by atoms with Gasteiger partial charge in [0, 0.05) is 6.07 Å². The first-order chi connectivity index (χ1) is 9.97. The second kappa shape index (κ2) is 5.83. The van der Waals surface area contributed by atoms with E-state index < -0.39 is 9.85 Å². The molecule has 0 aliphatic carbocycles. The zero-order valence-corrected chi connectivity index (χ0v) is 10.6. The number of rotatable bonds is 4. The fourth-order valence-electron chi connectivity index (χ4n) is 1.71. The van der Waals surface area contributed by atoms with Gasteiger partial charge in [0.1, 0.15) is 0 Å². The van der Waals surface area contributed by atoms with Crippen molar-refractivity contribution in [3.05, 3.63) is 73.8 Å². The normalized spacial score (nSPS) is 10.7. The molecule has 0 aromatic heterocycles. The molecule has 0 aliphatic heterocycles. The van der Waals surface area contributed by atoms with Gasteiger partial charge in [0.2, 0.25) is 0 Å². The van der Waals surface area contributed by atoms with Crippen LogP contribution in [0.3, 0.4) is 0 Å². The van der Waals surface area contributed by atoms with Crippen LogP contribution in [0.5, 0.6) is 5.75 Å². The van der Waals surface area contributed by atoms with Crippen molar-refractivity contribution in [2.24, 2.45) is 0 Å². The standard InChI is InChI=1S/C14H10N2O5/c17-13-7-2-10(3-8-13)1-4-11-5-6-12(15(18)19)9-14(11)16(20)21/h1-9,17H/p-1/b4-1+. The summed E-state index contributed by atoms with van der Waals surface area (Å²) in [5.74, 6) is -0.131. The molecule has 0 bridgehead atoms. The molecule has 0 amide bonds. The summed E-state index contributed by atoms with van der Waals surface area (Å²) >= 11 is 0. The van der Waals surface area contributed by atoms with Crippen LogP contribution >= 0.6 is 0 Å². The maximum Gasteiger partial charge on any atom is 0.283 e. The Morgan fingerprint density at radius 1 is 0.857 bits per heavy atom. The lowest BCUT2D eigenvalue weighted by Crippen LogP contribution is -1.94. The number of nitro benzene ring substituents is 2. The zero-order chi connectivity index (χ0) is 15.4. The fraction of sp³-hybridized carbons (Fsp3) is 0. The molecule has 2 rings (SSSR count). The summed E-state index contributed by atoms with van der Waals surface area (Å²) in [6.07, 6.45) is 3.06. The zero-order valence-electron chi connectivity index (χ0n) is 10.6. The molecule has 0 spiro atoms. The Bertz CT molecular complexity index is 723. The Kier molecular flexibility index (Phi) is 3.94. The average Bonchev–Trinajstić information content (AvgIpc) is 2.46. The third-order valence-electron chi connectivity index (χ3n) is 2.76. The highest BCUT2D eigenvalue weighted by atomic mass is 16.6. The van der Waals surface area contributed by atoms with E-state index in [1.54, 1.807) is 18.2 Å². The topological polar surface area (TPSA) is 109 Å². The van der Waals surface area contributed by atoms with Gasteiger partial charge in [-0.2, -0.15) is 0 Å². The van der Waals surface area contributed by atoms with Crippen molar-refractivity contribution in [2.45, 2.75) is 0 Å². The molecule has 0 aliphatic rings. The number of nitrogens with zero attached hydrogens (tertiary/aromatic N) is 2. The lowest BCUT2D eigenvalue weighted by molar-refractivity contribution is -0.394. The molecule has 7 heteroatoms. The van der Waals surface area contributed by atoms with Crippen molar-refractivity contribution in [3.8, 4) is 5.75 Å². The van der Waals surface area contributed by atoms with Crippen LogP contribution in [-0.2, 0) is 0 Å². The Morgan fingerprint density at radius 3 is 2.10 bits per heavy atom. The van der Waals surface area contributed by atoms with Crippen LogP contribution in [-0.4, -0.2) is 9.85 Å². The van der Waals surface area contributed by atoms with Crippen LogP contribution in [0.1, 0.15) is 11.1 Å². The number of non-ortho nitro benzene ring substituents is 1. The van der Waals surface area contributed by atoms with E-state index in [0.29, 0.717) is 5.56 Å². The largest absolute Gasteiger partial charge is 0.872 e. The molecule has 21 heavy (non-hydrogen) atoms. The first-order valence-corrected chi connectivity index (χ1v) is 5.85. The van der Waals surface area contributed by atoms with E-state index in [1.165, 1.54) is 30.3 Å². The van der Waals surface area contributed by atoms with Crippen LogP contribution < -0.4 is 5.11 Å². The van der Waals surface area contributed by atoms with Gasteiger partial charge < -0.3 is 5.11 Å². The van der Waals surface area contributed by atoms with Crippen LogP contribution in [0, 0.1) is 20.2 Å². The van der Waals surface area contributed by atoms with Crippen molar-refractivity contribution in [1.82, 2.24) is 0 Å². The van der Waals surface area contributed by atoms with Crippen LogP contribution in [0.4, 0.5) is 11.4 Å². The molecule has 0 saturated carbocycles. The lowest BCUT2D eigenvalue weighted by Gasteiger charge is -2.03. The molecule has 7 nitrogen and oxygen atoms in total. The van der Waals surface area contributed by atoms with Gasteiger partial charge in [-0.1, -0.05) is 30.3 Å². The molecule has 0 radical (unpaired) electrons. The van der Waals surface area contributed by atoms with Gasteiger partial charge >= 0.3 is 0 Å². The van der Waals surface area contributed by atoms with E-state index in [1.807, 2.05) is 0 Å². The van der Waals surface area contributed by atoms with Gasteiger partial charge in [0.05, 0.1) is 21.5 Å². The highest BCUT2D eigenvalue weighted by Crippen LogP contribution is 2.26. The van der Waals surface area contributed by atoms with E-state index in [9.17, 15) is 25.3 Å². The Balaban J connectivity index is 2.37. The molecular formula is C14H9N2O5-. The summed E-state index contributed by atoms with van der Waals surface area (Å²) in [7, 11) is 0. The predicted octanol–water partition coefficient (Wildman–Crippen LogP) is 2.75. The number of benzene rings is 2. The van der Waals surface area contributed by atoms with Gasteiger partial charge in [0.15, 0.2) is 0 Å². The highest BCUT2D eigenvalue weighted by molar-refractivity contribution is 5.75. The molecule has 0 saturated heterocycles. The molecule has 0 heterocycles. The van der Waals surface area contributed by atoms with Gasteiger partial charge in [-0.15, -0.1) is 5.75 Å².